The number of carbonyl (C=O) groups is 2. The molecule has 1 atom stereocenters. The minimum Gasteiger partial charge on any atom is -0.462 e. The van der Waals surface area contributed by atoms with E-state index in [9.17, 15) is 14.7 Å². The Hall–Kier alpha value is -2.14. The lowest BCUT2D eigenvalue weighted by molar-refractivity contribution is -0.161. The molecule has 0 aromatic heterocycles. The van der Waals surface area contributed by atoms with Gasteiger partial charge < -0.3 is 14.6 Å². The van der Waals surface area contributed by atoms with E-state index in [-0.39, 0.29) is 25.2 Å². The van der Waals surface area contributed by atoms with E-state index in [2.05, 4.69) is 62.5 Å². The minimum atomic E-state index is -0.770. The summed E-state index contributed by atoms with van der Waals surface area (Å²) in [6.45, 7) is 4.03. The zero-order valence-corrected chi connectivity index (χ0v) is 33.6. The van der Waals surface area contributed by atoms with E-state index in [4.69, 9.17) is 9.47 Å². The second-order valence-electron chi connectivity index (χ2n) is 14.4. The van der Waals surface area contributed by atoms with Crippen LogP contribution in [0.25, 0.3) is 0 Å². The summed E-state index contributed by atoms with van der Waals surface area (Å²) in [5.74, 6) is -0.588. The van der Waals surface area contributed by atoms with Gasteiger partial charge in [-0.1, -0.05) is 197 Å². The Balaban J connectivity index is 3.50. The number of carbonyl (C=O) groups excluding carboxylic acids is 2. The zero-order chi connectivity index (χ0) is 37.1. The van der Waals surface area contributed by atoms with Crippen LogP contribution in [0.5, 0.6) is 0 Å². The van der Waals surface area contributed by atoms with Crippen molar-refractivity contribution in [1.29, 1.82) is 0 Å². The molecule has 296 valence electrons. The van der Waals surface area contributed by atoms with Crippen LogP contribution in [0, 0.1) is 0 Å². The molecule has 0 aromatic carbocycles. The van der Waals surface area contributed by atoms with E-state index < -0.39 is 6.10 Å². The molecule has 0 fully saturated rings. The van der Waals surface area contributed by atoms with Gasteiger partial charge in [-0.25, -0.2) is 0 Å². The maximum Gasteiger partial charge on any atom is 0.306 e. The summed E-state index contributed by atoms with van der Waals surface area (Å²) in [5, 5.41) is 9.57. The Labute approximate surface area is 316 Å². The van der Waals surface area contributed by atoms with Crippen molar-refractivity contribution in [2.75, 3.05) is 13.2 Å². The maximum atomic E-state index is 12.2. The van der Waals surface area contributed by atoms with E-state index in [0.29, 0.717) is 12.8 Å². The first-order valence-electron chi connectivity index (χ1n) is 21.7. The Bertz CT molecular complexity index is 858. The summed E-state index contributed by atoms with van der Waals surface area (Å²) in [7, 11) is 0. The maximum absolute atomic E-state index is 12.2. The normalized spacial score (nSPS) is 12.6. The number of ether oxygens (including phenoxy) is 2. The number of rotatable bonds is 39. The van der Waals surface area contributed by atoms with Gasteiger partial charge in [0.05, 0.1) is 6.61 Å². The molecule has 0 radical (unpaired) electrons. The molecular weight excluding hydrogens is 633 g/mol. The molecule has 0 aliphatic carbocycles. The third-order valence-corrected chi connectivity index (χ3v) is 9.39. The molecule has 5 heteroatoms. The van der Waals surface area contributed by atoms with Crippen molar-refractivity contribution in [1.82, 2.24) is 0 Å². The zero-order valence-electron chi connectivity index (χ0n) is 33.6. The molecule has 5 nitrogen and oxygen atoms in total. The molecule has 0 saturated heterocycles. The summed E-state index contributed by atoms with van der Waals surface area (Å²) in [5.41, 5.74) is 0. The van der Waals surface area contributed by atoms with Crippen molar-refractivity contribution in [2.24, 2.45) is 0 Å². The van der Waals surface area contributed by atoms with Gasteiger partial charge in [0.25, 0.3) is 0 Å². The van der Waals surface area contributed by atoms with Gasteiger partial charge in [-0.3, -0.25) is 9.59 Å². The van der Waals surface area contributed by atoms with E-state index in [1.54, 1.807) is 0 Å². The van der Waals surface area contributed by atoms with Gasteiger partial charge in [-0.15, -0.1) is 0 Å². The van der Waals surface area contributed by atoms with Crippen LogP contribution in [-0.4, -0.2) is 36.4 Å². The van der Waals surface area contributed by atoms with Crippen LogP contribution in [0.4, 0.5) is 0 Å². The first-order valence-corrected chi connectivity index (χ1v) is 21.7. The minimum absolute atomic E-state index is 0.0641. The number of hydrogen-bond acceptors (Lipinski definition) is 5. The molecule has 1 N–H and O–H groups in total. The third-order valence-electron chi connectivity index (χ3n) is 9.39. The number of allylic oxidation sites excluding steroid dienone is 8. The van der Waals surface area contributed by atoms with Crippen LogP contribution in [0.1, 0.15) is 213 Å². The Morgan fingerprint density at radius 2 is 0.843 bits per heavy atom. The highest BCUT2D eigenvalue weighted by molar-refractivity contribution is 5.70. The van der Waals surface area contributed by atoms with Crippen LogP contribution in [0.3, 0.4) is 0 Å². The SMILES string of the molecule is CC/C=C\C/C=C\C/C=C\C/C=C\CCCCCCCCCCCCCCC(=O)OC(CO)COC(=O)CCCCCCCCCCCCCC. The molecular formula is C46H82O5. The highest BCUT2D eigenvalue weighted by Gasteiger charge is 2.16. The predicted molar refractivity (Wildman–Crippen MR) is 219 cm³/mol. The van der Waals surface area contributed by atoms with Gasteiger partial charge in [-0.05, 0) is 51.4 Å². The Morgan fingerprint density at radius 1 is 0.471 bits per heavy atom. The first-order chi connectivity index (χ1) is 25.1. The summed E-state index contributed by atoms with van der Waals surface area (Å²) in [6, 6.07) is 0. The molecule has 51 heavy (non-hydrogen) atoms. The smallest absolute Gasteiger partial charge is 0.306 e. The molecule has 0 heterocycles. The number of aliphatic hydroxyl groups excluding tert-OH is 1. The fourth-order valence-corrected chi connectivity index (χ4v) is 6.13. The topological polar surface area (TPSA) is 72.8 Å². The summed E-state index contributed by atoms with van der Waals surface area (Å²) in [4.78, 5) is 24.3. The molecule has 0 aliphatic rings. The van der Waals surface area contributed by atoms with Crippen molar-refractivity contribution in [3.63, 3.8) is 0 Å². The quantitative estimate of drug-likeness (QED) is 0.0390. The highest BCUT2D eigenvalue weighted by Crippen LogP contribution is 2.15. The lowest BCUT2D eigenvalue weighted by atomic mass is 10.0. The molecule has 0 rings (SSSR count). The van der Waals surface area contributed by atoms with Crippen LogP contribution in [-0.2, 0) is 19.1 Å². The van der Waals surface area contributed by atoms with Crippen molar-refractivity contribution >= 4 is 11.9 Å². The number of hydrogen-bond donors (Lipinski definition) is 1. The van der Waals surface area contributed by atoms with E-state index in [1.165, 1.54) is 122 Å². The molecule has 0 amide bonds. The predicted octanol–water partition coefficient (Wildman–Crippen LogP) is 13.8. The molecule has 0 saturated carbocycles. The number of unbranched alkanes of at least 4 members (excludes halogenated alkanes) is 23. The average molecular weight is 715 g/mol. The van der Waals surface area contributed by atoms with Crippen LogP contribution < -0.4 is 0 Å². The van der Waals surface area contributed by atoms with Gasteiger partial charge in [0.15, 0.2) is 6.10 Å². The molecule has 0 aliphatic heterocycles. The Morgan fingerprint density at radius 3 is 1.27 bits per heavy atom. The summed E-state index contributed by atoms with van der Waals surface area (Å²) >= 11 is 0. The van der Waals surface area contributed by atoms with Crippen molar-refractivity contribution in [3.8, 4) is 0 Å². The number of aliphatic hydroxyl groups is 1. The monoisotopic (exact) mass is 715 g/mol. The molecule has 0 aromatic rings. The lowest BCUT2D eigenvalue weighted by Gasteiger charge is -2.15. The van der Waals surface area contributed by atoms with Crippen molar-refractivity contribution < 1.29 is 24.2 Å². The average Bonchev–Trinajstić information content (AvgIpc) is 3.13. The van der Waals surface area contributed by atoms with Crippen molar-refractivity contribution in [2.45, 2.75) is 219 Å². The molecule has 0 spiro atoms. The van der Waals surface area contributed by atoms with Gasteiger partial charge in [0, 0.05) is 12.8 Å². The van der Waals surface area contributed by atoms with Crippen LogP contribution in [0.2, 0.25) is 0 Å². The van der Waals surface area contributed by atoms with E-state index >= 15 is 0 Å². The van der Waals surface area contributed by atoms with Gasteiger partial charge in [0.2, 0.25) is 0 Å². The second-order valence-corrected chi connectivity index (χ2v) is 14.4. The van der Waals surface area contributed by atoms with Gasteiger partial charge in [0.1, 0.15) is 6.61 Å². The van der Waals surface area contributed by atoms with Crippen molar-refractivity contribution in [3.05, 3.63) is 48.6 Å². The first kappa shape index (κ1) is 48.9. The molecule has 0 bridgehead atoms. The largest absolute Gasteiger partial charge is 0.462 e. The van der Waals surface area contributed by atoms with Crippen LogP contribution >= 0.6 is 0 Å². The third kappa shape index (κ3) is 40.5. The highest BCUT2D eigenvalue weighted by atomic mass is 16.6. The van der Waals surface area contributed by atoms with E-state index in [1.807, 2.05) is 0 Å². The fourth-order valence-electron chi connectivity index (χ4n) is 6.13. The van der Waals surface area contributed by atoms with Crippen LogP contribution in [0.15, 0.2) is 48.6 Å². The van der Waals surface area contributed by atoms with Gasteiger partial charge >= 0.3 is 11.9 Å². The molecule has 1 unspecified atom stereocenters. The lowest BCUT2D eigenvalue weighted by Crippen LogP contribution is -2.28. The Kier molecular flexibility index (Phi) is 40.5. The number of esters is 2. The fraction of sp³-hybridized carbons (Fsp3) is 0.783. The second kappa shape index (κ2) is 42.3. The van der Waals surface area contributed by atoms with Gasteiger partial charge in [-0.2, -0.15) is 0 Å². The standard InChI is InChI=1S/C46H82O5/c1-3-5-7-9-11-13-15-17-18-19-20-21-22-23-24-25-26-27-28-29-31-33-35-37-39-41-46(49)51-44(42-47)43-50-45(48)40-38-36-34-32-30-16-14-12-10-8-6-4-2/h5,7,11,13,17-18,20-21,44,47H,3-4,6,8-10,12,14-16,19,22-43H2,1-2H3/b7-5-,13-11-,18-17-,21-20-. The summed E-state index contributed by atoms with van der Waals surface area (Å²) < 4.78 is 10.6. The van der Waals surface area contributed by atoms with E-state index in [0.717, 1.165) is 64.2 Å². The summed E-state index contributed by atoms with van der Waals surface area (Å²) in [6.07, 6.45) is 53.3.